The van der Waals surface area contributed by atoms with Crippen molar-refractivity contribution in [3.05, 3.63) is 119 Å². The number of aromatic amines is 1. The van der Waals surface area contributed by atoms with Crippen LogP contribution >= 0.6 is 23.2 Å². The minimum atomic E-state index is -4.51. The Hall–Kier alpha value is -4.42. The van der Waals surface area contributed by atoms with Gasteiger partial charge in [-0.15, -0.1) is 0 Å². The highest BCUT2D eigenvalue weighted by molar-refractivity contribution is 6.37. The number of aromatic nitrogens is 5. The van der Waals surface area contributed by atoms with E-state index >= 15 is 0 Å². The number of halogens is 5. The maximum Gasteiger partial charge on any atom is 0.416 e. The Morgan fingerprint density at radius 1 is 0.974 bits per heavy atom. The summed E-state index contributed by atoms with van der Waals surface area (Å²) in [7, 11) is 0. The van der Waals surface area contributed by atoms with Crippen LogP contribution in [-0.4, -0.2) is 24.3 Å². The number of nitrogens with zero attached hydrogens (tertiary/aromatic N) is 4. The van der Waals surface area contributed by atoms with Gasteiger partial charge in [-0.25, -0.2) is 9.78 Å². The molecule has 5 aromatic rings. The largest absolute Gasteiger partial charge is 0.454 e. The maximum atomic E-state index is 13.1. The van der Waals surface area contributed by atoms with Gasteiger partial charge < -0.3 is 4.74 Å². The van der Waals surface area contributed by atoms with Crippen LogP contribution in [0.5, 0.6) is 11.5 Å². The van der Waals surface area contributed by atoms with E-state index < -0.39 is 28.5 Å². The highest BCUT2D eigenvalue weighted by atomic mass is 35.5. The van der Waals surface area contributed by atoms with E-state index in [4.69, 9.17) is 27.9 Å². The summed E-state index contributed by atoms with van der Waals surface area (Å²) in [4.78, 5) is 42.7. The van der Waals surface area contributed by atoms with Gasteiger partial charge in [-0.05, 0) is 48.0 Å². The second kappa shape index (κ2) is 10.0. The van der Waals surface area contributed by atoms with Crippen LogP contribution in [0.2, 0.25) is 10.0 Å². The first-order valence-corrected chi connectivity index (χ1v) is 11.8. The number of benzene rings is 3. The predicted molar refractivity (Wildman–Crippen MR) is 137 cm³/mol. The van der Waals surface area contributed by atoms with Crippen LogP contribution in [0, 0.1) is 0 Å². The maximum absolute atomic E-state index is 13.1. The van der Waals surface area contributed by atoms with E-state index in [-0.39, 0.29) is 44.7 Å². The molecule has 39 heavy (non-hydrogen) atoms. The zero-order valence-electron chi connectivity index (χ0n) is 19.4. The Bertz CT molecular complexity index is 1890. The Morgan fingerprint density at radius 3 is 2.41 bits per heavy atom. The average Bonchev–Trinajstić information content (AvgIpc) is 2.88. The number of rotatable bonds is 5. The van der Waals surface area contributed by atoms with Crippen LogP contribution < -0.4 is 21.5 Å². The summed E-state index contributed by atoms with van der Waals surface area (Å²) in [6.07, 6.45) is -2.34. The molecular formula is C25H14Cl2F3N5O4. The lowest BCUT2D eigenvalue weighted by Gasteiger charge is -2.13. The first-order valence-electron chi connectivity index (χ1n) is 11.0. The van der Waals surface area contributed by atoms with Crippen LogP contribution in [-0.2, 0) is 12.7 Å². The standard InChI is InChI=1S/C25H14Cl2F3N5O4/c26-18-7-15(35-24(38)33-21(36)10-32-35)8-19(27)22(18)39-16-4-5-20-17(9-16)23(37)34(12-31-20)11-13-2-1-3-14(6-13)25(28,29)30/h1-10,12H,11H2,(H,33,36,38). The fourth-order valence-electron chi connectivity index (χ4n) is 3.78. The van der Waals surface area contributed by atoms with Crippen molar-refractivity contribution < 1.29 is 17.9 Å². The molecule has 0 aliphatic rings. The highest BCUT2D eigenvalue weighted by Gasteiger charge is 2.30. The first kappa shape index (κ1) is 26.2. The molecular weight excluding hydrogens is 562 g/mol. The third kappa shape index (κ3) is 5.42. The van der Waals surface area contributed by atoms with Gasteiger partial charge in [0.05, 0.1) is 45.1 Å². The van der Waals surface area contributed by atoms with Crippen molar-refractivity contribution in [3.63, 3.8) is 0 Å². The van der Waals surface area contributed by atoms with Gasteiger partial charge in [-0.2, -0.15) is 23.0 Å². The molecule has 198 valence electrons. The molecule has 0 bridgehead atoms. The third-order valence-electron chi connectivity index (χ3n) is 5.56. The van der Waals surface area contributed by atoms with E-state index in [9.17, 15) is 27.6 Å². The number of hydrogen-bond acceptors (Lipinski definition) is 6. The van der Waals surface area contributed by atoms with Gasteiger partial charge in [0.2, 0.25) is 0 Å². The number of nitrogens with one attached hydrogen (secondary N) is 1. The number of alkyl halides is 3. The fourth-order valence-corrected chi connectivity index (χ4v) is 4.33. The third-order valence-corrected chi connectivity index (χ3v) is 6.12. The van der Waals surface area contributed by atoms with Crippen molar-refractivity contribution >= 4 is 34.1 Å². The molecule has 9 nitrogen and oxygen atoms in total. The van der Waals surface area contributed by atoms with E-state index in [1.807, 2.05) is 0 Å². The summed E-state index contributed by atoms with van der Waals surface area (Å²) in [6.45, 7) is -0.131. The lowest BCUT2D eigenvalue weighted by Crippen LogP contribution is -2.30. The Morgan fingerprint density at radius 2 is 1.72 bits per heavy atom. The molecule has 0 fully saturated rings. The quantitative estimate of drug-likeness (QED) is 0.322. The molecule has 0 aliphatic carbocycles. The smallest absolute Gasteiger partial charge is 0.416 e. The summed E-state index contributed by atoms with van der Waals surface area (Å²) in [5.41, 5.74) is -2.02. The van der Waals surface area contributed by atoms with Gasteiger partial charge in [-0.3, -0.25) is 19.1 Å². The Labute approximate surface area is 225 Å². The number of hydrogen-bond donors (Lipinski definition) is 1. The van der Waals surface area contributed by atoms with Crippen LogP contribution in [0.4, 0.5) is 13.2 Å². The summed E-state index contributed by atoms with van der Waals surface area (Å²) < 4.78 is 47.1. The van der Waals surface area contributed by atoms with E-state index in [0.29, 0.717) is 5.52 Å². The zero-order valence-corrected chi connectivity index (χ0v) is 20.9. The predicted octanol–water partition coefficient (Wildman–Crippen LogP) is 4.80. The van der Waals surface area contributed by atoms with Crippen molar-refractivity contribution in [3.8, 4) is 17.2 Å². The number of ether oxygens (including phenoxy) is 1. The minimum Gasteiger partial charge on any atom is -0.454 e. The van der Waals surface area contributed by atoms with Crippen molar-refractivity contribution in [2.45, 2.75) is 12.7 Å². The highest BCUT2D eigenvalue weighted by Crippen LogP contribution is 2.38. The molecule has 2 aromatic heterocycles. The molecule has 0 saturated heterocycles. The first-order chi connectivity index (χ1) is 18.5. The summed E-state index contributed by atoms with van der Waals surface area (Å²) >= 11 is 12.7. The molecule has 14 heteroatoms. The molecule has 0 spiro atoms. The molecule has 0 radical (unpaired) electrons. The van der Waals surface area contributed by atoms with Gasteiger partial charge in [0.1, 0.15) is 11.9 Å². The molecule has 0 aliphatic heterocycles. The van der Waals surface area contributed by atoms with Gasteiger partial charge in [0.25, 0.3) is 11.1 Å². The van der Waals surface area contributed by atoms with Crippen LogP contribution in [0.25, 0.3) is 16.6 Å². The van der Waals surface area contributed by atoms with Gasteiger partial charge >= 0.3 is 11.9 Å². The monoisotopic (exact) mass is 575 g/mol. The van der Waals surface area contributed by atoms with E-state index in [1.165, 1.54) is 53.4 Å². The number of fused-ring (bicyclic) bond motifs is 1. The fraction of sp³-hybridized carbons (Fsp3) is 0.0800. The molecule has 0 unspecified atom stereocenters. The SMILES string of the molecule is O=c1cnn(-c2cc(Cl)c(Oc3ccc4ncn(Cc5cccc(C(F)(F)F)c5)c(=O)c4c3)c(Cl)c2)c(=O)[nH]1. The molecule has 0 saturated carbocycles. The summed E-state index contributed by atoms with van der Waals surface area (Å²) in [5.74, 6) is 0.196. The second-order valence-electron chi connectivity index (χ2n) is 8.25. The Kier molecular flexibility index (Phi) is 6.74. The summed E-state index contributed by atoms with van der Waals surface area (Å²) in [5, 5.41) is 3.90. The van der Waals surface area contributed by atoms with Crippen LogP contribution in [0.1, 0.15) is 11.1 Å². The van der Waals surface area contributed by atoms with Gasteiger partial charge in [-0.1, -0.05) is 35.3 Å². The van der Waals surface area contributed by atoms with E-state index in [2.05, 4.69) is 15.1 Å². The lowest BCUT2D eigenvalue weighted by atomic mass is 10.1. The van der Waals surface area contributed by atoms with E-state index in [1.54, 1.807) is 0 Å². The zero-order chi connectivity index (χ0) is 27.9. The van der Waals surface area contributed by atoms with Gasteiger partial charge in [0.15, 0.2) is 5.75 Å². The van der Waals surface area contributed by atoms with Crippen LogP contribution in [0.3, 0.4) is 0 Å². The molecule has 1 N–H and O–H groups in total. The Balaban J connectivity index is 1.47. The molecule has 3 aromatic carbocycles. The molecule has 5 rings (SSSR count). The van der Waals surface area contributed by atoms with E-state index in [0.717, 1.165) is 23.0 Å². The lowest BCUT2D eigenvalue weighted by molar-refractivity contribution is -0.137. The average molecular weight is 576 g/mol. The van der Waals surface area contributed by atoms with Crippen molar-refractivity contribution in [1.29, 1.82) is 0 Å². The second-order valence-corrected chi connectivity index (χ2v) is 9.06. The molecule has 0 amide bonds. The molecule has 0 atom stereocenters. The molecule has 2 heterocycles. The summed E-state index contributed by atoms with van der Waals surface area (Å²) in [6, 6.07) is 11.8. The van der Waals surface area contributed by atoms with Gasteiger partial charge in [0, 0.05) is 0 Å². The minimum absolute atomic E-state index is 0.00522. The topological polar surface area (TPSA) is 112 Å². The van der Waals surface area contributed by atoms with Crippen LogP contribution in [0.15, 0.2) is 81.5 Å². The number of H-pyrrole nitrogens is 1. The van der Waals surface area contributed by atoms with Crippen molar-refractivity contribution in [1.82, 2.24) is 24.3 Å². The normalized spacial score (nSPS) is 11.6. The van der Waals surface area contributed by atoms with Crippen molar-refractivity contribution in [2.75, 3.05) is 0 Å². The van der Waals surface area contributed by atoms with Crippen molar-refractivity contribution in [2.24, 2.45) is 0 Å².